The molecule has 0 saturated carbocycles. The van der Waals surface area contributed by atoms with Gasteiger partial charge in [-0.25, -0.2) is 9.78 Å². The van der Waals surface area contributed by atoms with Crippen LogP contribution in [0.1, 0.15) is 69.7 Å². The number of ether oxygens (including phenoxy) is 1. The molecule has 0 spiro atoms. The number of aliphatic hydroxyl groups is 1. The maximum absolute atomic E-state index is 13.9. The molecule has 196 valence electrons. The summed E-state index contributed by atoms with van der Waals surface area (Å²) in [5.74, 6) is -0.712. The lowest BCUT2D eigenvalue weighted by Crippen LogP contribution is -2.44. The van der Waals surface area contributed by atoms with Crippen molar-refractivity contribution < 1.29 is 19.1 Å². The van der Waals surface area contributed by atoms with Gasteiger partial charge in [0.25, 0.3) is 5.56 Å². The molecule has 5 rings (SSSR count). The molecular weight excluding hydrogens is 484 g/mol. The first kappa shape index (κ1) is 25.8. The molecule has 1 N–H and O–H groups in total. The molecule has 1 unspecified atom stereocenters. The minimum atomic E-state index is -1.88. The minimum Gasteiger partial charge on any atom is -0.458 e. The number of esters is 1. The monoisotopic (exact) mass is 520 g/mol. The third kappa shape index (κ3) is 4.06. The number of pyridine rings is 2. The Morgan fingerprint density at radius 3 is 2.65 bits per heavy atom. The Kier molecular flexibility index (Phi) is 6.20. The van der Waals surface area contributed by atoms with Crippen molar-refractivity contribution in [3.63, 3.8) is 0 Å². The van der Waals surface area contributed by atoms with E-state index in [1.807, 2.05) is 24.3 Å². The Morgan fingerprint density at radius 1 is 1.22 bits per heavy atom. The van der Waals surface area contributed by atoms with E-state index < -0.39 is 19.9 Å². The number of nitrogens with zero attached hydrogens (tertiary/aromatic N) is 2. The first-order chi connectivity index (χ1) is 17.4. The number of benzene rings is 1. The molecule has 0 fully saturated rings. The van der Waals surface area contributed by atoms with Crippen molar-refractivity contribution in [2.24, 2.45) is 0 Å². The van der Waals surface area contributed by atoms with Gasteiger partial charge in [-0.3, -0.25) is 9.36 Å². The molecule has 37 heavy (non-hydrogen) atoms. The number of carbonyl (C=O) groups is 1. The van der Waals surface area contributed by atoms with Crippen LogP contribution in [-0.2, 0) is 26.2 Å². The fourth-order valence-electron chi connectivity index (χ4n) is 5.20. The van der Waals surface area contributed by atoms with E-state index in [2.05, 4.69) is 39.9 Å². The van der Waals surface area contributed by atoms with Gasteiger partial charge >= 0.3 is 5.97 Å². The van der Waals surface area contributed by atoms with Gasteiger partial charge in [-0.1, -0.05) is 45.9 Å². The highest BCUT2D eigenvalue weighted by Gasteiger charge is 2.46. The Bertz CT molecular complexity index is 1460. The van der Waals surface area contributed by atoms with E-state index in [-0.39, 0.29) is 29.7 Å². The van der Waals surface area contributed by atoms with E-state index in [1.54, 1.807) is 17.6 Å². The molecule has 0 saturated heterocycles. The first-order valence-electron chi connectivity index (χ1n) is 13.1. The predicted molar refractivity (Wildman–Crippen MR) is 146 cm³/mol. The smallest absolute Gasteiger partial charge is 0.343 e. The molecule has 2 aliphatic rings. The third-order valence-electron chi connectivity index (χ3n) is 8.54. The molecule has 4 heterocycles. The molecule has 8 heteroatoms. The van der Waals surface area contributed by atoms with Crippen LogP contribution in [0, 0.1) is 0 Å². The van der Waals surface area contributed by atoms with Crippen LogP contribution in [0.25, 0.3) is 22.3 Å². The van der Waals surface area contributed by atoms with Crippen LogP contribution in [0.4, 0.5) is 0 Å². The maximum Gasteiger partial charge on any atom is 0.343 e. The van der Waals surface area contributed by atoms with Gasteiger partial charge in [0.05, 0.1) is 28.5 Å². The SMILES string of the molecule is CC[C@@]1(O)C(=O)OCc2c1cc1n(c2=O)C(CCCO[Si](C)(C)C(C)(C)C)c2cc3ccccc3nc2-1. The van der Waals surface area contributed by atoms with Gasteiger partial charge in [0.1, 0.15) is 6.61 Å². The Labute approximate surface area is 218 Å². The van der Waals surface area contributed by atoms with Crippen molar-refractivity contribution in [1.29, 1.82) is 0 Å². The van der Waals surface area contributed by atoms with Gasteiger partial charge in [0.2, 0.25) is 0 Å². The third-order valence-corrected chi connectivity index (χ3v) is 13.1. The van der Waals surface area contributed by atoms with Crippen LogP contribution in [-0.4, -0.2) is 35.6 Å². The number of fused-ring (bicyclic) bond motifs is 5. The second-order valence-electron chi connectivity index (χ2n) is 11.8. The van der Waals surface area contributed by atoms with E-state index in [9.17, 15) is 14.7 Å². The summed E-state index contributed by atoms with van der Waals surface area (Å²) in [6.07, 6.45) is 1.62. The van der Waals surface area contributed by atoms with E-state index in [0.29, 0.717) is 29.8 Å². The van der Waals surface area contributed by atoms with Crippen LogP contribution in [0.3, 0.4) is 0 Å². The average Bonchev–Trinajstić information content (AvgIpc) is 3.15. The second-order valence-corrected chi connectivity index (χ2v) is 16.6. The normalized spacial score (nSPS) is 20.9. The zero-order valence-electron chi connectivity index (χ0n) is 22.6. The van der Waals surface area contributed by atoms with Crippen molar-refractivity contribution in [2.45, 2.75) is 83.3 Å². The summed E-state index contributed by atoms with van der Waals surface area (Å²) in [7, 11) is -1.88. The Morgan fingerprint density at radius 2 is 1.95 bits per heavy atom. The van der Waals surface area contributed by atoms with E-state index >= 15 is 0 Å². The van der Waals surface area contributed by atoms with Gasteiger partial charge in [0.15, 0.2) is 13.9 Å². The number of aromatic nitrogens is 2. The molecule has 0 bridgehead atoms. The number of rotatable bonds is 6. The quantitative estimate of drug-likeness (QED) is 0.265. The lowest BCUT2D eigenvalue weighted by molar-refractivity contribution is -0.172. The molecule has 0 radical (unpaired) electrons. The zero-order valence-corrected chi connectivity index (χ0v) is 23.6. The minimum absolute atomic E-state index is 0.119. The molecule has 0 aliphatic carbocycles. The van der Waals surface area contributed by atoms with Crippen LogP contribution in [0.5, 0.6) is 0 Å². The first-order valence-corrected chi connectivity index (χ1v) is 16.0. The topological polar surface area (TPSA) is 90.7 Å². The van der Waals surface area contributed by atoms with E-state index in [1.165, 1.54) is 0 Å². The molecule has 2 atom stereocenters. The van der Waals surface area contributed by atoms with Crippen molar-refractivity contribution in [3.8, 4) is 11.4 Å². The van der Waals surface area contributed by atoms with Gasteiger partial charge in [0, 0.05) is 23.1 Å². The van der Waals surface area contributed by atoms with Crippen LogP contribution < -0.4 is 5.56 Å². The number of carbonyl (C=O) groups excluding carboxylic acids is 1. The molecule has 1 aromatic carbocycles. The molecule has 0 amide bonds. The number of cyclic esters (lactones) is 1. The van der Waals surface area contributed by atoms with Crippen molar-refractivity contribution in [3.05, 3.63) is 63.4 Å². The van der Waals surface area contributed by atoms with E-state index in [4.69, 9.17) is 14.1 Å². The summed E-state index contributed by atoms with van der Waals surface area (Å²) in [6.45, 7) is 13.4. The number of para-hydroxylation sites is 1. The summed E-state index contributed by atoms with van der Waals surface area (Å²) >= 11 is 0. The maximum atomic E-state index is 13.9. The lowest BCUT2D eigenvalue weighted by atomic mass is 9.86. The Hall–Kier alpha value is -2.81. The molecular formula is C29H36N2O5Si. The van der Waals surface area contributed by atoms with E-state index in [0.717, 1.165) is 28.6 Å². The average molecular weight is 521 g/mol. The zero-order chi connectivity index (χ0) is 26.8. The fourth-order valence-corrected chi connectivity index (χ4v) is 6.29. The van der Waals surface area contributed by atoms with Gasteiger partial charge in [-0.15, -0.1) is 0 Å². The highest BCUT2D eigenvalue weighted by atomic mass is 28.4. The highest BCUT2D eigenvalue weighted by molar-refractivity contribution is 6.74. The lowest BCUT2D eigenvalue weighted by Gasteiger charge is -2.36. The van der Waals surface area contributed by atoms with Crippen LogP contribution >= 0.6 is 0 Å². The molecule has 7 nitrogen and oxygen atoms in total. The fraction of sp³-hybridized carbons (Fsp3) is 0.483. The summed E-state index contributed by atoms with van der Waals surface area (Å²) in [4.78, 5) is 31.4. The van der Waals surface area contributed by atoms with Gasteiger partial charge in [-0.2, -0.15) is 0 Å². The summed E-state index contributed by atoms with van der Waals surface area (Å²) in [6, 6.07) is 11.6. The largest absolute Gasteiger partial charge is 0.458 e. The van der Waals surface area contributed by atoms with Crippen molar-refractivity contribution >= 4 is 25.2 Å². The summed E-state index contributed by atoms with van der Waals surface area (Å²) in [5.41, 5.74) is 1.80. The van der Waals surface area contributed by atoms with Crippen LogP contribution in [0.15, 0.2) is 41.2 Å². The number of hydrogen-bond donors (Lipinski definition) is 1. The summed E-state index contributed by atoms with van der Waals surface area (Å²) in [5, 5.41) is 12.3. The molecule has 3 aromatic rings. The second kappa shape index (κ2) is 8.89. The summed E-state index contributed by atoms with van der Waals surface area (Å²) < 4.78 is 13.5. The predicted octanol–water partition coefficient (Wildman–Crippen LogP) is 5.42. The van der Waals surface area contributed by atoms with Gasteiger partial charge < -0.3 is 14.3 Å². The van der Waals surface area contributed by atoms with Gasteiger partial charge in [-0.05, 0) is 55.6 Å². The Balaban J connectivity index is 1.59. The van der Waals surface area contributed by atoms with Crippen molar-refractivity contribution in [2.75, 3.05) is 6.61 Å². The number of hydrogen-bond acceptors (Lipinski definition) is 6. The van der Waals surface area contributed by atoms with Crippen molar-refractivity contribution in [1.82, 2.24) is 9.55 Å². The standard InChI is InChI=1S/C29H36N2O5Si/c1-7-29(34)21-16-24-25-19(15-18-11-8-9-12-22(18)30-25)23(13-10-14-36-37(5,6)28(2,3)4)31(24)26(32)20(21)17-35-27(29)33/h8-9,11-12,15-16,23,34H,7,10,13-14,17H2,1-6H3/t23?,29-/m0/s1. The highest BCUT2D eigenvalue weighted by Crippen LogP contribution is 2.44. The molecule has 2 aliphatic heterocycles. The van der Waals surface area contributed by atoms with Crippen LogP contribution in [0.2, 0.25) is 18.1 Å². The molecule has 2 aromatic heterocycles.